The van der Waals surface area contributed by atoms with Gasteiger partial charge in [0, 0.05) is 11.6 Å². The van der Waals surface area contributed by atoms with Crippen molar-refractivity contribution in [3.05, 3.63) is 29.8 Å². The van der Waals surface area contributed by atoms with Crippen LogP contribution in [0.5, 0.6) is 0 Å². The number of benzene rings is 1. The van der Waals surface area contributed by atoms with Crippen molar-refractivity contribution in [2.24, 2.45) is 5.92 Å². The van der Waals surface area contributed by atoms with Gasteiger partial charge in [0.25, 0.3) is 0 Å². The maximum Gasteiger partial charge on any atom is 0.322 e. The van der Waals surface area contributed by atoms with Crippen LogP contribution in [0.25, 0.3) is 0 Å². The quantitative estimate of drug-likeness (QED) is 0.847. The van der Waals surface area contributed by atoms with E-state index in [0.29, 0.717) is 18.4 Å². The molecule has 0 amide bonds. The Morgan fingerprint density at radius 3 is 2.39 bits per heavy atom. The summed E-state index contributed by atoms with van der Waals surface area (Å²) in [5.74, 6) is -1.11. The van der Waals surface area contributed by atoms with E-state index in [1.807, 2.05) is 0 Å². The van der Waals surface area contributed by atoms with E-state index in [0.717, 1.165) is 12.8 Å². The molecule has 0 aromatic heterocycles. The van der Waals surface area contributed by atoms with Crippen LogP contribution in [0.1, 0.15) is 43.0 Å². The maximum atomic E-state index is 13.0. The van der Waals surface area contributed by atoms with E-state index < -0.39 is 22.0 Å². The molecular weight excluding hydrogens is 318 g/mol. The van der Waals surface area contributed by atoms with Gasteiger partial charge in [0.2, 0.25) is 10.0 Å². The van der Waals surface area contributed by atoms with Gasteiger partial charge in [-0.15, -0.1) is 0 Å². The molecule has 0 unspecified atom stereocenters. The molecule has 1 saturated heterocycles. The Bertz CT molecular complexity index is 740. The van der Waals surface area contributed by atoms with Crippen molar-refractivity contribution in [2.45, 2.75) is 49.6 Å². The van der Waals surface area contributed by atoms with Crippen molar-refractivity contribution in [3.63, 3.8) is 0 Å². The predicted octanol–water partition coefficient (Wildman–Crippen LogP) is 1.91. The fraction of sp³-hybridized carbons (Fsp3) is 0.500. The third-order valence-corrected chi connectivity index (χ3v) is 6.85. The van der Waals surface area contributed by atoms with Gasteiger partial charge in [-0.25, -0.2) is 8.42 Å². The number of rotatable bonds is 4. The lowest BCUT2D eigenvalue weighted by atomic mass is 10.0. The number of carbonyl (C=O) groups excluding carboxylic acids is 1. The van der Waals surface area contributed by atoms with Gasteiger partial charge >= 0.3 is 5.97 Å². The number of aliphatic carboxylic acids is 1. The molecule has 6 nitrogen and oxygen atoms in total. The molecule has 124 valence electrons. The van der Waals surface area contributed by atoms with Crippen molar-refractivity contribution in [1.82, 2.24) is 4.31 Å². The molecule has 23 heavy (non-hydrogen) atoms. The van der Waals surface area contributed by atoms with Crippen LogP contribution in [0.15, 0.2) is 29.2 Å². The van der Waals surface area contributed by atoms with E-state index in [1.165, 1.54) is 35.5 Å². The molecule has 1 N–H and O–H groups in total. The topological polar surface area (TPSA) is 91.8 Å². The summed E-state index contributed by atoms with van der Waals surface area (Å²) in [5, 5.41) is 9.42. The SMILES string of the molecule is CC(=O)c1ccc(S(=O)(=O)N2[C@@H](C(=O)O)C[C@H]3CCC[C@H]32)cc1. The molecule has 1 aliphatic carbocycles. The van der Waals surface area contributed by atoms with Gasteiger partial charge in [-0.05, 0) is 44.2 Å². The second kappa shape index (κ2) is 5.72. The summed E-state index contributed by atoms with van der Waals surface area (Å²) in [6, 6.07) is 4.47. The summed E-state index contributed by atoms with van der Waals surface area (Å²) in [6.45, 7) is 1.41. The van der Waals surface area contributed by atoms with Gasteiger partial charge in [-0.3, -0.25) is 9.59 Å². The number of ketones is 1. The molecule has 0 bridgehead atoms. The van der Waals surface area contributed by atoms with Crippen LogP contribution in [0.4, 0.5) is 0 Å². The lowest BCUT2D eigenvalue weighted by Gasteiger charge is -2.26. The minimum absolute atomic E-state index is 0.0429. The second-order valence-electron chi connectivity index (χ2n) is 6.26. The molecule has 2 aliphatic rings. The number of carboxylic acid groups (broad SMARTS) is 1. The van der Waals surface area contributed by atoms with Crippen molar-refractivity contribution in [3.8, 4) is 0 Å². The number of carboxylic acids is 1. The smallest absolute Gasteiger partial charge is 0.322 e. The number of carbonyl (C=O) groups is 2. The Kier molecular flexibility index (Phi) is 4.01. The van der Waals surface area contributed by atoms with Gasteiger partial charge in [0.15, 0.2) is 5.78 Å². The molecule has 7 heteroatoms. The van der Waals surface area contributed by atoms with Crippen LogP contribution in [0.2, 0.25) is 0 Å². The van der Waals surface area contributed by atoms with Crippen LogP contribution < -0.4 is 0 Å². The molecule has 1 saturated carbocycles. The van der Waals surface area contributed by atoms with E-state index >= 15 is 0 Å². The Morgan fingerprint density at radius 2 is 1.83 bits per heavy atom. The number of hydrogen-bond donors (Lipinski definition) is 1. The highest BCUT2D eigenvalue weighted by molar-refractivity contribution is 7.89. The van der Waals surface area contributed by atoms with Crippen LogP contribution in [-0.2, 0) is 14.8 Å². The summed E-state index contributed by atoms with van der Waals surface area (Å²) < 4.78 is 27.1. The zero-order valence-corrected chi connectivity index (χ0v) is 13.6. The minimum Gasteiger partial charge on any atom is -0.480 e. The average molecular weight is 337 g/mol. The first kappa shape index (κ1) is 16.1. The van der Waals surface area contributed by atoms with E-state index in [4.69, 9.17) is 0 Å². The molecule has 0 spiro atoms. The Morgan fingerprint density at radius 1 is 1.17 bits per heavy atom. The summed E-state index contributed by atoms with van der Waals surface area (Å²) in [4.78, 5) is 22.9. The Labute approximate surface area is 135 Å². The first-order valence-electron chi connectivity index (χ1n) is 7.69. The first-order valence-corrected chi connectivity index (χ1v) is 9.13. The van der Waals surface area contributed by atoms with E-state index in [9.17, 15) is 23.1 Å². The van der Waals surface area contributed by atoms with Crippen molar-refractivity contribution in [1.29, 1.82) is 0 Å². The number of sulfonamides is 1. The van der Waals surface area contributed by atoms with Crippen LogP contribution in [-0.4, -0.2) is 41.7 Å². The number of Topliss-reactive ketones (excluding diaryl/α,β-unsaturated/α-hetero) is 1. The second-order valence-corrected chi connectivity index (χ2v) is 8.11. The highest BCUT2D eigenvalue weighted by Crippen LogP contribution is 2.44. The lowest BCUT2D eigenvalue weighted by Crippen LogP contribution is -2.44. The zero-order chi connectivity index (χ0) is 16.8. The van der Waals surface area contributed by atoms with Crippen LogP contribution in [0, 0.1) is 5.92 Å². The fourth-order valence-corrected chi connectivity index (χ4v) is 5.66. The summed E-state index contributed by atoms with van der Waals surface area (Å²) in [6.07, 6.45) is 2.89. The largest absolute Gasteiger partial charge is 0.480 e. The molecular formula is C16H19NO5S. The Hall–Kier alpha value is -1.73. The molecule has 1 heterocycles. The van der Waals surface area contributed by atoms with Gasteiger partial charge in [0.05, 0.1) is 4.90 Å². The molecule has 3 rings (SSSR count). The highest BCUT2D eigenvalue weighted by atomic mass is 32.2. The number of hydrogen-bond acceptors (Lipinski definition) is 4. The monoisotopic (exact) mass is 337 g/mol. The maximum absolute atomic E-state index is 13.0. The van der Waals surface area contributed by atoms with Gasteiger partial charge in [-0.1, -0.05) is 18.6 Å². The third kappa shape index (κ3) is 2.68. The van der Waals surface area contributed by atoms with E-state index in [-0.39, 0.29) is 22.6 Å². The summed E-state index contributed by atoms with van der Waals surface area (Å²) in [5.41, 5.74) is 0.430. The summed E-state index contributed by atoms with van der Waals surface area (Å²) in [7, 11) is -3.89. The number of fused-ring (bicyclic) bond motifs is 1. The van der Waals surface area contributed by atoms with Gasteiger partial charge in [0.1, 0.15) is 6.04 Å². The van der Waals surface area contributed by atoms with E-state index in [2.05, 4.69) is 0 Å². The molecule has 1 aromatic carbocycles. The molecule has 2 fully saturated rings. The first-order chi connectivity index (χ1) is 10.8. The predicted molar refractivity (Wildman–Crippen MR) is 82.6 cm³/mol. The van der Waals surface area contributed by atoms with E-state index in [1.54, 1.807) is 0 Å². The van der Waals surface area contributed by atoms with Gasteiger partial charge < -0.3 is 5.11 Å². The summed E-state index contributed by atoms with van der Waals surface area (Å²) >= 11 is 0. The fourth-order valence-electron chi connectivity index (χ4n) is 3.79. The van der Waals surface area contributed by atoms with Crippen molar-refractivity contribution >= 4 is 21.8 Å². The van der Waals surface area contributed by atoms with Crippen LogP contribution >= 0.6 is 0 Å². The highest BCUT2D eigenvalue weighted by Gasteiger charge is 2.52. The zero-order valence-electron chi connectivity index (χ0n) is 12.8. The van der Waals surface area contributed by atoms with Gasteiger partial charge in [-0.2, -0.15) is 4.31 Å². The van der Waals surface area contributed by atoms with Crippen molar-refractivity contribution in [2.75, 3.05) is 0 Å². The molecule has 0 radical (unpaired) electrons. The third-order valence-electron chi connectivity index (χ3n) is 4.90. The number of nitrogens with zero attached hydrogens (tertiary/aromatic N) is 1. The Balaban J connectivity index is 1.99. The normalized spacial score (nSPS) is 27.8. The minimum atomic E-state index is -3.89. The molecule has 1 aromatic rings. The van der Waals surface area contributed by atoms with Crippen LogP contribution in [0.3, 0.4) is 0 Å². The molecule has 3 atom stereocenters. The van der Waals surface area contributed by atoms with Crippen molar-refractivity contribution < 1.29 is 23.1 Å². The average Bonchev–Trinajstić information content (AvgIpc) is 3.07. The standard InChI is InChI=1S/C16H19NO5S/c1-10(18)11-5-7-13(8-6-11)23(21,22)17-14-4-2-3-12(14)9-15(17)16(19)20/h5-8,12,14-15H,2-4,9H2,1H3,(H,19,20)/t12-,14-,15-/m1/s1. The lowest BCUT2D eigenvalue weighted by molar-refractivity contribution is -0.141. The molecule has 1 aliphatic heterocycles.